The molecule has 0 saturated carbocycles. The molecule has 0 aromatic carbocycles. The Labute approximate surface area is 95.9 Å². The SMILES string of the molecule is C/C=C/C(=O)OCC(C)(C)OC(=O)/C=C/C. The van der Waals surface area contributed by atoms with Crippen molar-refractivity contribution in [1.82, 2.24) is 0 Å². The summed E-state index contributed by atoms with van der Waals surface area (Å²) in [5.41, 5.74) is -0.826. The van der Waals surface area contributed by atoms with E-state index in [1.807, 2.05) is 0 Å². The molecular formula is C12H18O4. The van der Waals surface area contributed by atoms with Crippen LogP contribution in [0.1, 0.15) is 27.7 Å². The zero-order chi connectivity index (χ0) is 12.6. The van der Waals surface area contributed by atoms with E-state index in [4.69, 9.17) is 9.47 Å². The number of allylic oxidation sites excluding steroid dienone is 2. The lowest BCUT2D eigenvalue weighted by Gasteiger charge is -2.23. The molecule has 0 radical (unpaired) electrons. The van der Waals surface area contributed by atoms with Crippen molar-refractivity contribution in [2.24, 2.45) is 0 Å². The van der Waals surface area contributed by atoms with Crippen LogP contribution in [0.15, 0.2) is 24.3 Å². The van der Waals surface area contributed by atoms with Gasteiger partial charge < -0.3 is 9.47 Å². The van der Waals surface area contributed by atoms with Gasteiger partial charge in [-0.3, -0.25) is 0 Å². The molecule has 0 heterocycles. The van der Waals surface area contributed by atoms with Crippen LogP contribution in [0.4, 0.5) is 0 Å². The first-order valence-corrected chi connectivity index (χ1v) is 5.06. The molecule has 0 N–H and O–H groups in total. The van der Waals surface area contributed by atoms with Crippen LogP contribution >= 0.6 is 0 Å². The van der Waals surface area contributed by atoms with Crippen molar-refractivity contribution in [3.05, 3.63) is 24.3 Å². The van der Waals surface area contributed by atoms with Crippen LogP contribution in [0.5, 0.6) is 0 Å². The second kappa shape index (κ2) is 6.82. The third-order valence-corrected chi connectivity index (χ3v) is 1.54. The zero-order valence-electron chi connectivity index (χ0n) is 10.1. The Bertz CT molecular complexity index is 300. The molecule has 0 unspecified atom stereocenters. The van der Waals surface area contributed by atoms with E-state index in [2.05, 4.69) is 0 Å². The summed E-state index contributed by atoms with van der Waals surface area (Å²) in [6.45, 7) is 6.83. The van der Waals surface area contributed by atoms with Gasteiger partial charge in [-0.25, -0.2) is 9.59 Å². The summed E-state index contributed by atoms with van der Waals surface area (Å²) >= 11 is 0. The lowest BCUT2D eigenvalue weighted by Crippen LogP contribution is -2.33. The Morgan fingerprint density at radius 2 is 1.56 bits per heavy atom. The molecule has 0 aromatic heterocycles. The number of ether oxygens (including phenoxy) is 2. The number of esters is 2. The summed E-state index contributed by atoms with van der Waals surface area (Å²) in [7, 11) is 0. The summed E-state index contributed by atoms with van der Waals surface area (Å²) in [6, 6.07) is 0. The molecule has 0 aliphatic rings. The fourth-order valence-electron chi connectivity index (χ4n) is 0.901. The molecule has 0 aliphatic heterocycles. The van der Waals surface area contributed by atoms with E-state index in [0.717, 1.165) is 0 Å². The molecule has 0 aromatic rings. The van der Waals surface area contributed by atoms with Crippen LogP contribution in [0.25, 0.3) is 0 Å². The summed E-state index contributed by atoms with van der Waals surface area (Å²) in [6.07, 6.45) is 5.80. The lowest BCUT2D eigenvalue weighted by molar-refractivity contribution is -0.161. The fraction of sp³-hybridized carbons (Fsp3) is 0.500. The van der Waals surface area contributed by atoms with Gasteiger partial charge in [0.15, 0.2) is 0 Å². The first kappa shape index (κ1) is 14.4. The molecule has 0 amide bonds. The van der Waals surface area contributed by atoms with Crippen molar-refractivity contribution in [2.45, 2.75) is 33.3 Å². The molecule has 16 heavy (non-hydrogen) atoms. The molecule has 4 nitrogen and oxygen atoms in total. The van der Waals surface area contributed by atoms with Crippen LogP contribution in [0.2, 0.25) is 0 Å². The summed E-state index contributed by atoms with van der Waals surface area (Å²) < 4.78 is 9.98. The van der Waals surface area contributed by atoms with Crippen LogP contribution in [0, 0.1) is 0 Å². The van der Waals surface area contributed by atoms with E-state index in [-0.39, 0.29) is 6.61 Å². The smallest absolute Gasteiger partial charge is 0.331 e. The fourth-order valence-corrected chi connectivity index (χ4v) is 0.901. The van der Waals surface area contributed by atoms with E-state index >= 15 is 0 Å². The summed E-state index contributed by atoms with van der Waals surface area (Å²) in [5, 5.41) is 0. The number of carbonyl (C=O) groups excluding carboxylic acids is 2. The highest BCUT2D eigenvalue weighted by Crippen LogP contribution is 2.10. The second-order valence-electron chi connectivity index (χ2n) is 3.79. The maximum Gasteiger partial charge on any atom is 0.331 e. The monoisotopic (exact) mass is 226 g/mol. The number of hydrogen-bond donors (Lipinski definition) is 0. The predicted octanol–water partition coefficient (Wildman–Crippen LogP) is 2.00. The molecule has 90 valence electrons. The minimum absolute atomic E-state index is 0.0272. The molecule has 0 aliphatic carbocycles. The molecule has 0 fully saturated rings. The Morgan fingerprint density at radius 1 is 1.06 bits per heavy atom. The van der Waals surface area contributed by atoms with Gasteiger partial charge in [0, 0.05) is 12.2 Å². The van der Waals surface area contributed by atoms with Crippen molar-refractivity contribution in [3.8, 4) is 0 Å². The van der Waals surface area contributed by atoms with Crippen molar-refractivity contribution >= 4 is 11.9 Å². The van der Waals surface area contributed by atoms with Gasteiger partial charge in [-0.15, -0.1) is 0 Å². The van der Waals surface area contributed by atoms with Gasteiger partial charge in [-0.1, -0.05) is 12.2 Å². The first-order valence-electron chi connectivity index (χ1n) is 5.06. The molecule has 0 saturated heterocycles. The van der Waals surface area contributed by atoms with Crippen molar-refractivity contribution in [3.63, 3.8) is 0 Å². The molecule has 0 atom stereocenters. The van der Waals surface area contributed by atoms with Crippen LogP contribution in [-0.4, -0.2) is 24.1 Å². The van der Waals surface area contributed by atoms with Gasteiger partial charge in [0.05, 0.1) is 0 Å². The van der Waals surface area contributed by atoms with Gasteiger partial charge in [0.2, 0.25) is 0 Å². The van der Waals surface area contributed by atoms with E-state index in [0.29, 0.717) is 0 Å². The topological polar surface area (TPSA) is 52.6 Å². The lowest BCUT2D eigenvalue weighted by atomic mass is 10.1. The van der Waals surface area contributed by atoms with Crippen molar-refractivity contribution in [1.29, 1.82) is 0 Å². The van der Waals surface area contributed by atoms with Crippen LogP contribution in [-0.2, 0) is 19.1 Å². The van der Waals surface area contributed by atoms with Gasteiger partial charge in [0.1, 0.15) is 12.2 Å². The summed E-state index contributed by atoms with van der Waals surface area (Å²) in [4.78, 5) is 22.2. The Balaban J connectivity index is 4.14. The van der Waals surface area contributed by atoms with Crippen LogP contribution in [0.3, 0.4) is 0 Å². The van der Waals surface area contributed by atoms with Gasteiger partial charge in [-0.05, 0) is 27.7 Å². The molecular weight excluding hydrogens is 208 g/mol. The number of rotatable bonds is 5. The maximum absolute atomic E-state index is 11.2. The van der Waals surface area contributed by atoms with Crippen LogP contribution < -0.4 is 0 Å². The standard InChI is InChI=1S/C12H18O4/c1-5-7-10(13)15-9-12(3,4)16-11(14)8-6-2/h5-8H,9H2,1-4H3/b7-5+,8-6+. The van der Waals surface area contributed by atoms with Gasteiger partial charge in [0.25, 0.3) is 0 Å². The minimum atomic E-state index is -0.826. The second-order valence-corrected chi connectivity index (χ2v) is 3.79. The third kappa shape index (κ3) is 6.81. The predicted molar refractivity (Wildman–Crippen MR) is 60.8 cm³/mol. The minimum Gasteiger partial charge on any atom is -0.458 e. The van der Waals surface area contributed by atoms with E-state index < -0.39 is 17.5 Å². The van der Waals surface area contributed by atoms with E-state index in [1.165, 1.54) is 12.2 Å². The van der Waals surface area contributed by atoms with Gasteiger partial charge >= 0.3 is 11.9 Å². The zero-order valence-corrected chi connectivity index (χ0v) is 10.1. The normalized spacial score (nSPS) is 12.0. The van der Waals surface area contributed by atoms with Crippen molar-refractivity contribution in [2.75, 3.05) is 6.61 Å². The summed E-state index contributed by atoms with van der Waals surface area (Å²) in [5.74, 6) is -0.896. The van der Waals surface area contributed by atoms with E-state index in [9.17, 15) is 9.59 Å². The Hall–Kier alpha value is -1.58. The number of carbonyl (C=O) groups is 2. The van der Waals surface area contributed by atoms with E-state index in [1.54, 1.807) is 39.8 Å². The average molecular weight is 226 g/mol. The quantitative estimate of drug-likeness (QED) is 0.531. The average Bonchev–Trinajstić information content (AvgIpc) is 2.15. The first-order chi connectivity index (χ1) is 7.41. The highest BCUT2D eigenvalue weighted by Gasteiger charge is 2.23. The third-order valence-electron chi connectivity index (χ3n) is 1.54. The Morgan fingerprint density at radius 3 is 2.06 bits per heavy atom. The molecule has 0 rings (SSSR count). The highest BCUT2D eigenvalue weighted by molar-refractivity contribution is 5.82. The Kier molecular flexibility index (Phi) is 6.15. The molecule has 0 spiro atoms. The van der Waals surface area contributed by atoms with Gasteiger partial charge in [-0.2, -0.15) is 0 Å². The molecule has 4 heteroatoms. The number of hydrogen-bond acceptors (Lipinski definition) is 4. The maximum atomic E-state index is 11.2. The highest BCUT2D eigenvalue weighted by atomic mass is 16.6. The van der Waals surface area contributed by atoms with Crippen molar-refractivity contribution < 1.29 is 19.1 Å². The molecule has 0 bridgehead atoms. The largest absolute Gasteiger partial charge is 0.458 e.